The molecule has 0 fully saturated rings. The number of halogens is 1. The number of sulfone groups is 1. The molecule has 0 unspecified atom stereocenters. The molecule has 0 atom stereocenters. The average molecular weight is 233 g/mol. The number of hydrogen-bond acceptors (Lipinski definition) is 3. The van der Waals surface area contributed by atoms with Crippen LogP contribution in [0.1, 0.15) is 5.56 Å². The molecule has 0 radical (unpaired) electrons. The minimum absolute atomic E-state index is 0.122. The monoisotopic (exact) mass is 232 g/mol. The van der Waals surface area contributed by atoms with Gasteiger partial charge in [-0.1, -0.05) is 17.7 Å². The predicted octanol–water partition coefficient (Wildman–Crippen LogP) is 1.53. The molecular weight excluding hydrogens is 224 g/mol. The number of aryl methyl sites for hydroxylation is 1. The van der Waals surface area contributed by atoms with Gasteiger partial charge in [-0.15, -0.1) is 0 Å². The molecule has 14 heavy (non-hydrogen) atoms. The second-order valence-corrected chi connectivity index (χ2v) is 5.34. The van der Waals surface area contributed by atoms with Crippen LogP contribution in [0.3, 0.4) is 0 Å². The van der Waals surface area contributed by atoms with Crippen molar-refractivity contribution in [2.75, 3.05) is 5.75 Å². The van der Waals surface area contributed by atoms with E-state index in [-0.39, 0.29) is 4.90 Å². The lowest BCUT2D eigenvalue weighted by Crippen LogP contribution is -2.11. The zero-order valence-electron chi connectivity index (χ0n) is 7.53. The Labute approximate surface area is 87.6 Å². The van der Waals surface area contributed by atoms with Crippen molar-refractivity contribution in [2.45, 2.75) is 11.8 Å². The van der Waals surface area contributed by atoms with Crippen LogP contribution < -0.4 is 0 Å². The molecule has 3 nitrogen and oxygen atoms in total. The maximum Gasteiger partial charge on any atom is 0.237 e. The standard InChI is InChI=1S/C9H9ClO3S/c1-7-2-4-8(5-3-7)14(12,13)6-9(10)11/h2-5H,6H2,1H3. The number of carbonyl (C=O) groups is 1. The minimum Gasteiger partial charge on any atom is -0.280 e. The van der Waals surface area contributed by atoms with E-state index in [0.717, 1.165) is 5.56 Å². The Morgan fingerprint density at radius 2 is 1.79 bits per heavy atom. The third-order valence-electron chi connectivity index (χ3n) is 1.68. The fourth-order valence-electron chi connectivity index (χ4n) is 0.978. The van der Waals surface area contributed by atoms with Gasteiger partial charge in [0.25, 0.3) is 0 Å². The first-order valence-corrected chi connectivity index (χ1v) is 5.92. The lowest BCUT2D eigenvalue weighted by Gasteiger charge is -2.01. The summed E-state index contributed by atoms with van der Waals surface area (Å²) in [6.07, 6.45) is 0. The van der Waals surface area contributed by atoms with E-state index < -0.39 is 20.8 Å². The first-order chi connectivity index (χ1) is 6.42. The van der Waals surface area contributed by atoms with Crippen LogP contribution in [0.5, 0.6) is 0 Å². The van der Waals surface area contributed by atoms with Gasteiger partial charge in [-0.2, -0.15) is 0 Å². The molecule has 0 aromatic heterocycles. The summed E-state index contributed by atoms with van der Waals surface area (Å²) in [4.78, 5) is 10.6. The van der Waals surface area contributed by atoms with Crippen molar-refractivity contribution in [3.05, 3.63) is 29.8 Å². The lowest BCUT2D eigenvalue weighted by atomic mass is 10.2. The molecule has 76 valence electrons. The average Bonchev–Trinajstić information content (AvgIpc) is 2.02. The SMILES string of the molecule is Cc1ccc(S(=O)(=O)CC(=O)Cl)cc1. The first-order valence-electron chi connectivity index (χ1n) is 3.89. The van der Waals surface area contributed by atoms with Gasteiger partial charge in [0.15, 0.2) is 9.84 Å². The summed E-state index contributed by atoms with van der Waals surface area (Å²) in [5.41, 5.74) is 0.959. The largest absolute Gasteiger partial charge is 0.280 e. The van der Waals surface area contributed by atoms with E-state index >= 15 is 0 Å². The summed E-state index contributed by atoms with van der Waals surface area (Å²) in [7, 11) is -3.56. The number of hydrogen-bond donors (Lipinski definition) is 0. The van der Waals surface area contributed by atoms with Gasteiger partial charge in [-0.05, 0) is 30.7 Å². The molecule has 0 amide bonds. The van der Waals surface area contributed by atoms with Gasteiger partial charge in [0.2, 0.25) is 5.24 Å². The third kappa shape index (κ3) is 2.82. The third-order valence-corrected chi connectivity index (χ3v) is 3.61. The van der Waals surface area contributed by atoms with Crippen molar-refractivity contribution in [3.63, 3.8) is 0 Å². The Morgan fingerprint density at radius 1 is 1.29 bits per heavy atom. The number of carbonyl (C=O) groups excluding carboxylic acids is 1. The molecule has 0 aliphatic heterocycles. The van der Waals surface area contributed by atoms with Crippen LogP contribution in [-0.2, 0) is 14.6 Å². The zero-order chi connectivity index (χ0) is 10.8. The molecule has 0 spiro atoms. The summed E-state index contributed by atoms with van der Waals surface area (Å²) < 4.78 is 22.9. The molecule has 1 aromatic rings. The summed E-state index contributed by atoms with van der Waals surface area (Å²) >= 11 is 5.03. The highest BCUT2D eigenvalue weighted by Crippen LogP contribution is 2.12. The summed E-state index contributed by atoms with van der Waals surface area (Å²) in [5, 5.41) is -0.870. The van der Waals surface area contributed by atoms with E-state index in [9.17, 15) is 13.2 Å². The Bertz CT molecular complexity index is 434. The van der Waals surface area contributed by atoms with Crippen molar-refractivity contribution in [1.82, 2.24) is 0 Å². The zero-order valence-corrected chi connectivity index (χ0v) is 9.10. The van der Waals surface area contributed by atoms with Gasteiger partial charge < -0.3 is 0 Å². The maximum atomic E-state index is 11.4. The molecule has 0 bridgehead atoms. The summed E-state index contributed by atoms with van der Waals surface area (Å²) in [5.74, 6) is -0.655. The van der Waals surface area contributed by atoms with Gasteiger partial charge in [0.05, 0.1) is 4.90 Å². The molecule has 1 rings (SSSR count). The normalized spacial score (nSPS) is 11.3. The molecule has 0 N–H and O–H groups in total. The van der Waals surface area contributed by atoms with E-state index in [0.29, 0.717) is 0 Å². The van der Waals surface area contributed by atoms with E-state index in [4.69, 9.17) is 11.6 Å². The molecule has 0 saturated heterocycles. The van der Waals surface area contributed by atoms with Crippen LogP contribution in [0.15, 0.2) is 29.2 Å². The molecular formula is C9H9ClO3S. The van der Waals surface area contributed by atoms with E-state index in [2.05, 4.69) is 0 Å². The van der Waals surface area contributed by atoms with Crippen molar-refractivity contribution in [1.29, 1.82) is 0 Å². The van der Waals surface area contributed by atoms with Crippen molar-refractivity contribution >= 4 is 26.7 Å². The minimum atomic E-state index is -3.56. The summed E-state index contributed by atoms with van der Waals surface area (Å²) in [6.45, 7) is 1.85. The van der Waals surface area contributed by atoms with Gasteiger partial charge in [-0.25, -0.2) is 8.42 Å². The second kappa shape index (κ2) is 4.11. The Hall–Kier alpha value is -0.870. The molecule has 0 aliphatic rings. The quantitative estimate of drug-likeness (QED) is 0.743. The first kappa shape index (κ1) is 11.2. The Morgan fingerprint density at radius 3 is 2.21 bits per heavy atom. The number of rotatable bonds is 3. The van der Waals surface area contributed by atoms with Gasteiger partial charge >= 0.3 is 0 Å². The van der Waals surface area contributed by atoms with Crippen molar-refractivity contribution in [2.24, 2.45) is 0 Å². The summed E-state index contributed by atoms with van der Waals surface area (Å²) in [6, 6.07) is 6.27. The highest BCUT2D eigenvalue weighted by molar-refractivity contribution is 7.92. The Balaban J connectivity index is 3.05. The van der Waals surface area contributed by atoms with Crippen LogP contribution in [0.2, 0.25) is 0 Å². The van der Waals surface area contributed by atoms with E-state index in [1.165, 1.54) is 12.1 Å². The molecule has 0 heterocycles. The van der Waals surface area contributed by atoms with Crippen LogP contribution in [0.25, 0.3) is 0 Å². The van der Waals surface area contributed by atoms with Gasteiger partial charge in [0, 0.05) is 0 Å². The number of benzene rings is 1. The molecule has 1 aromatic carbocycles. The van der Waals surface area contributed by atoms with Gasteiger partial charge in [-0.3, -0.25) is 4.79 Å². The van der Waals surface area contributed by atoms with Crippen LogP contribution in [0, 0.1) is 6.92 Å². The van der Waals surface area contributed by atoms with Crippen LogP contribution >= 0.6 is 11.6 Å². The second-order valence-electron chi connectivity index (χ2n) is 2.93. The lowest BCUT2D eigenvalue weighted by molar-refractivity contribution is -0.109. The molecule has 5 heteroatoms. The van der Waals surface area contributed by atoms with E-state index in [1.54, 1.807) is 12.1 Å². The fourth-order valence-corrected chi connectivity index (χ4v) is 2.43. The van der Waals surface area contributed by atoms with E-state index in [1.807, 2.05) is 6.92 Å². The molecule has 0 aliphatic carbocycles. The highest BCUT2D eigenvalue weighted by Gasteiger charge is 2.17. The van der Waals surface area contributed by atoms with Crippen LogP contribution in [-0.4, -0.2) is 19.4 Å². The van der Waals surface area contributed by atoms with Crippen molar-refractivity contribution in [3.8, 4) is 0 Å². The van der Waals surface area contributed by atoms with Crippen LogP contribution in [0.4, 0.5) is 0 Å². The molecule has 0 saturated carbocycles. The Kier molecular flexibility index (Phi) is 3.29. The topological polar surface area (TPSA) is 51.2 Å². The highest BCUT2D eigenvalue weighted by atomic mass is 35.5. The van der Waals surface area contributed by atoms with Gasteiger partial charge in [0.1, 0.15) is 5.75 Å². The fraction of sp³-hybridized carbons (Fsp3) is 0.222. The smallest absolute Gasteiger partial charge is 0.237 e. The maximum absolute atomic E-state index is 11.4. The van der Waals surface area contributed by atoms with Crippen molar-refractivity contribution < 1.29 is 13.2 Å². The predicted molar refractivity (Wildman–Crippen MR) is 54.1 cm³/mol.